The van der Waals surface area contributed by atoms with Crippen LogP contribution in [0.15, 0.2) is 29.6 Å². The standard InChI is InChI=1S/C14H11N3O3S/c1-3-20-13(19)11-8-21-14(16-11)17-12(18)9-5-4-6-10(7-9)15-2/h4-8H,3H2,1H3,(H,16,17,18). The molecule has 0 aliphatic rings. The molecular weight excluding hydrogens is 290 g/mol. The van der Waals surface area contributed by atoms with Crippen LogP contribution in [0.3, 0.4) is 0 Å². The van der Waals surface area contributed by atoms with Crippen molar-refractivity contribution in [1.82, 2.24) is 4.98 Å². The lowest BCUT2D eigenvalue weighted by Gasteiger charge is -2.02. The number of rotatable bonds is 4. The number of esters is 1. The maximum absolute atomic E-state index is 12.0. The first-order valence-electron chi connectivity index (χ1n) is 6.05. The van der Waals surface area contributed by atoms with Gasteiger partial charge in [0.05, 0.1) is 13.2 Å². The molecule has 0 radical (unpaired) electrons. The van der Waals surface area contributed by atoms with Crippen LogP contribution in [0.5, 0.6) is 0 Å². The smallest absolute Gasteiger partial charge is 0.357 e. The summed E-state index contributed by atoms with van der Waals surface area (Å²) in [6, 6.07) is 6.34. The largest absolute Gasteiger partial charge is 0.461 e. The molecule has 7 heteroatoms. The highest BCUT2D eigenvalue weighted by Gasteiger charge is 2.14. The number of hydrogen-bond acceptors (Lipinski definition) is 5. The van der Waals surface area contributed by atoms with Gasteiger partial charge in [0.1, 0.15) is 0 Å². The van der Waals surface area contributed by atoms with Crippen LogP contribution in [-0.2, 0) is 4.74 Å². The molecule has 0 unspecified atom stereocenters. The molecule has 6 nitrogen and oxygen atoms in total. The summed E-state index contributed by atoms with van der Waals surface area (Å²) in [5, 5.41) is 4.40. The van der Waals surface area contributed by atoms with Gasteiger partial charge >= 0.3 is 5.97 Å². The van der Waals surface area contributed by atoms with Crippen LogP contribution in [0.2, 0.25) is 0 Å². The Kier molecular flexibility index (Phi) is 4.64. The minimum atomic E-state index is -0.524. The quantitative estimate of drug-likeness (QED) is 0.695. The summed E-state index contributed by atoms with van der Waals surface area (Å²) in [6.07, 6.45) is 0. The molecule has 2 aromatic rings. The predicted octanol–water partition coefficient (Wildman–Crippen LogP) is 3.12. The molecule has 0 atom stereocenters. The molecule has 2 rings (SSSR count). The van der Waals surface area contributed by atoms with Crippen molar-refractivity contribution in [3.05, 3.63) is 52.3 Å². The first kappa shape index (κ1) is 14.7. The summed E-state index contributed by atoms with van der Waals surface area (Å²) in [6.45, 7) is 8.90. The minimum absolute atomic E-state index is 0.159. The Morgan fingerprint density at radius 1 is 1.48 bits per heavy atom. The van der Waals surface area contributed by atoms with Gasteiger partial charge in [-0.2, -0.15) is 0 Å². The summed E-state index contributed by atoms with van der Waals surface area (Å²) in [5.74, 6) is -0.908. The predicted molar refractivity (Wildman–Crippen MR) is 78.7 cm³/mol. The minimum Gasteiger partial charge on any atom is -0.461 e. The lowest BCUT2D eigenvalue weighted by atomic mass is 10.2. The van der Waals surface area contributed by atoms with Crippen LogP contribution in [0.4, 0.5) is 10.8 Å². The fourth-order valence-corrected chi connectivity index (χ4v) is 2.19. The van der Waals surface area contributed by atoms with E-state index in [1.165, 1.54) is 11.4 Å². The zero-order valence-electron chi connectivity index (χ0n) is 11.1. The van der Waals surface area contributed by atoms with Gasteiger partial charge in [-0.15, -0.1) is 11.3 Å². The number of anilines is 1. The van der Waals surface area contributed by atoms with E-state index in [0.717, 1.165) is 11.3 Å². The van der Waals surface area contributed by atoms with Gasteiger partial charge in [0, 0.05) is 10.9 Å². The average molecular weight is 301 g/mol. The fraction of sp³-hybridized carbons (Fsp3) is 0.143. The molecule has 0 spiro atoms. The summed E-state index contributed by atoms with van der Waals surface area (Å²) < 4.78 is 4.82. The Balaban J connectivity index is 2.09. The molecule has 1 aromatic carbocycles. The van der Waals surface area contributed by atoms with Crippen LogP contribution in [0.25, 0.3) is 4.85 Å². The third kappa shape index (κ3) is 3.64. The number of amides is 1. The topological polar surface area (TPSA) is 72.7 Å². The van der Waals surface area contributed by atoms with Crippen LogP contribution < -0.4 is 5.32 Å². The molecule has 0 saturated carbocycles. The number of nitrogens with zero attached hydrogens (tertiary/aromatic N) is 2. The van der Waals surface area contributed by atoms with Gasteiger partial charge in [0.2, 0.25) is 0 Å². The number of nitrogens with one attached hydrogen (secondary N) is 1. The first-order chi connectivity index (χ1) is 10.1. The van der Waals surface area contributed by atoms with Gasteiger partial charge in [-0.3, -0.25) is 10.1 Å². The van der Waals surface area contributed by atoms with Crippen LogP contribution in [-0.4, -0.2) is 23.5 Å². The van der Waals surface area contributed by atoms with E-state index in [1.807, 2.05) is 0 Å². The number of thiazole rings is 1. The van der Waals surface area contributed by atoms with Crippen molar-refractivity contribution in [3.63, 3.8) is 0 Å². The van der Waals surface area contributed by atoms with Crippen molar-refractivity contribution in [2.45, 2.75) is 6.92 Å². The molecule has 0 aliphatic carbocycles. The first-order valence-corrected chi connectivity index (χ1v) is 6.93. The van der Waals surface area contributed by atoms with E-state index in [9.17, 15) is 9.59 Å². The van der Waals surface area contributed by atoms with Gasteiger partial charge in [-0.1, -0.05) is 18.2 Å². The second kappa shape index (κ2) is 6.63. The number of carbonyl (C=O) groups excluding carboxylic acids is 2. The highest BCUT2D eigenvalue weighted by molar-refractivity contribution is 7.14. The fourth-order valence-electron chi connectivity index (χ4n) is 1.52. The van der Waals surface area contributed by atoms with Crippen LogP contribution in [0, 0.1) is 6.57 Å². The number of hydrogen-bond donors (Lipinski definition) is 1. The van der Waals surface area contributed by atoms with Crippen molar-refractivity contribution in [2.75, 3.05) is 11.9 Å². The van der Waals surface area contributed by atoms with E-state index in [4.69, 9.17) is 11.3 Å². The number of aromatic nitrogens is 1. The molecule has 1 aromatic heterocycles. The molecule has 0 aliphatic heterocycles. The number of ether oxygens (including phenoxy) is 1. The van der Waals surface area contributed by atoms with Gasteiger partial charge in [-0.05, 0) is 13.0 Å². The van der Waals surface area contributed by atoms with Crippen molar-refractivity contribution < 1.29 is 14.3 Å². The van der Waals surface area contributed by atoms with E-state index in [2.05, 4.69) is 15.1 Å². The second-order valence-electron chi connectivity index (χ2n) is 3.87. The molecule has 1 heterocycles. The second-order valence-corrected chi connectivity index (χ2v) is 4.73. The molecule has 0 fully saturated rings. The van der Waals surface area contributed by atoms with E-state index >= 15 is 0 Å². The molecule has 106 valence electrons. The molecule has 0 saturated heterocycles. The van der Waals surface area contributed by atoms with E-state index in [0.29, 0.717) is 16.4 Å². The summed E-state index contributed by atoms with van der Waals surface area (Å²) in [5.41, 5.74) is 0.900. The highest BCUT2D eigenvalue weighted by atomic mass is 32.1. The van der Waals surface area contributed by atoms with Gasteiger partial charge in [0.15, 0.2) is 16.5 Å². The van der Waals surface area contributed by atoms with Crippen molar-refractivity contribution in [1.29, 1.82) is 0 Å². The van der Waals surface area contributed by atoms with Crippen molar-refractivity contribution in [3.8, 4) is 0 Å². The summed E-state index contributed by atoms with van der Waals surface area (Å²) in [4.78, 5) is 30.7. The van der Waals surface area contributed by atoms with E-state index in [1.54, 1.807) is 25.1 Å². The van der Waals surface area contributed by atoms with Crippen LogP contribution >= 0.6 is 11.3 Å². The number of carbonyl (C=O) groups is 2. The number of benzene rings is 1. The molecule has 1 N–H and O–H groups in total. The highest BCUT2D eigenvalue weighted by Crippen LogP contribution is 2.19. The van der Waals surface area contributed by atoms with Gasteiger partial charge in [0.25, 0.3) is 5.91 Å². The normalized spacial score (nSPS) is 9.71. The SMILES string of the molecule is [C-]#[N+]c1cccc(C(=O)Nc2nc(C(=O)OCC)cs2)c1. The monoisotopic (exact) mass is 301 g/mol. The van der Waals surface area contributed by atoms with Crippen molar-refractivity contribution >= 4 is 34.0 Å². The molecule has 0 bridgehead atoms. The third-order valence-electron chi connectivity index (χ3n) is 2.45. The lowest BCUT2D eigenvalue weighted by molar-refractivity contribution is 0.0520. The maximum Gasteiger partial charge on any atom is 0.357 e. The Morgan fingerprint density at radius 2 is 2.29 bits per heavy atom. The zero-order chi connectivity index (χ0) is 15.2. The summed E-state index contributed by atoms with van der Waals surface area (Å²) >= 11 is 1.13. The van der Waals surface area contributed by atoms with E-state index < -0.39 is 5.97 Å². The Bertz CT molecular complexity index is 718. The van der Waals surface area contributed by atoms with Gasteiger partial charge < -0.3 is 4.74 Å². The Hall–Kier alpha value is -2.72. The van der Waals surface area contributed by atoms with Gasteiger partial charge in [-0.25, -0.2) is 14.6 Å². The van der Waals surface area contributed by atoms with E-state index in [-0.39, 0.29) is 18.2 Å². The average Bonchev–Trinajstić information content (AvgIpc) is 2.96. The molecular formula is C14H11N3O3S. The lowest BCUT2D eigenvalue weighted by Crippen LogP contribution is -2.12. The van der Waals surface area contributed by atoms with Crippen LogP contribution in [0.1, 0.15) is 27.8 Å². The zero-order valence-corrected chi connectivity index (χ0v) is 11.9. The van der Waals surface area contributed by atoms with Crippen molar-refractivity contribution in [2.24, 2.45) is 0 Å². The third-order valence-corrected chi connectivity index (χ3v) is 3.20. The Labute approximate surface area is 125 Å². The molecule has 21 heavy (non-hydrogen) atoms. The Morgan fingerprint density at radius 3 is 3.00 bits per heavy atom. The summed E-state index contributed by atoms with van der Waals surface area (Å²) in [7, 11) is 0. The maximum atomic E-state index is 12.0. The molecule has 1 amide bonds.